The molecule has 2 aromatic heterocycles. The molecule has 0 amide bonds. The van der Waals surface area contributed by atoms with E-state index >= 15 is 0 Å². The second-order valence-electron chi connectivity index (χ2n) is 11.8. The van der Waals surface area contributed by atoms with Crippen molar-refractivity contribution in [2.75, 3.05) is 19.8 Å². The van der Waals surface area contributed by atoms with E-state index in [4.69, 9.17) is 4.74 Å². The molecule has 39 heavy (non-hydrogen) atoms. The number of ether oxygens (including phenoxy) is 1. The zero-order valence-corrected chi connectivity index (χ0v) is 23.9. The van der Waals surface area contributed by atoms with Crippen LogP contribution in [0.15, 0.2) is 48.6 Å². The lowest BCUT2D eigenvalue weighted by molar-refractivity contribution is 0.137. The van der Waals surface area contributed by atoms with Crippen molar-refractivity contribution in [3.63, 3.8) is 0 Å². The standard InChI is InChI=1S/C27H41FN10O/c1-26(2,3)37-19-23(30-33-37)16-35(17-24-20-38(34-31-24)27(4,5)6)15-22-18-36(32-29-22)14-21-8-10-25(11-9-21)39-13-7-12-28/h8-11,18-20,30,33H,7,12-17H2,1-6H3. The van der Waals surface area contributed by atoms with Gasteiger partial charge in [-0.1, -0.05) is 22.6 Å². The molecule has 0 aliphatic carbocycles. The SMILES string of the molecule is CC(C)(C)N1C=C(CN(Cc2cn(Cc3ccc(OCCCF)cc3)nn2)Cc2cn(C(C)(C)C)nn2)NN1. The van der Waals surface area contributed by atoms with Crippen molar-refractivity contribution in [2.45, 2.75) is 78.7 Å². The molecule has 12 heteroatoms. The highest BCUT2D eigenvalue weighted by atomic mass is 19.1. The topological polar surface area (TPSA) is 101 Å². The van der Waals surface area contributed by atoms with Gasteiger partial charge in [-0.25, -0.2) is 9.36 Å². The summed E-state index contributed by atoms with van der Waals surface area (Å²) >= 11 is 0. The van der Waals surface area contributed by atoms with Crippen LogP contribution in [0.25, 0.3) is 0 Å². The Labute approximate surface area is 229 Å². The van der Waals surface area contributed by atoms with Crippen molar-refractivity contribution >= 4 is 0 Å². The van der Waals surface area contributed by atoms with Crippen LogP contribution in [0, 0.1) is 0 Å². The first kappa shape index (κ1) is 28.5. The highest BCUT2D eigenvalue weighted by Crippen LogP contribution is 2.18. The summed E-state index contributed by atoms with van der Waals surface area (Å²) in [6.07, 6.45) is 6.47. The second kappa shape index (κ2) is 12.1. The normalized spacial score (nSPS) is 14.2. The molecule has 3 heterocycles. The fourth-order valence-electron chi connectivity index (χ4n) is 3.97. The van der Waals surface area contributed by atoms with Gasteiger partial charge in [0.2, 0.25) is 0 Å². The maximum Gasteiger partial charge on any atom is 0.119 e. The monoisotopic (exact) mass is 540 g/mol. The fraction of sp³-hybridized carbons (Fsp3) is 0.556. The van der Waals surface area contributed by atoms with E-state index in [-0.39, 0.29) is 17.8 Å². The Morgan fingerprint density at radius 3 is 2.21 bits per heavy atom. The Bertz CT molecular complexity index is 1220. The fourth-order valence-corrected chi connectivity index (χ4v) is 3.97. The lowest BCUT2D eigenvalue weighted by atomic mass is 10.1. The van der Waals surface area contributed by atoms with Crippen LogP contribution in [0.2, 0.25) is 0 Å². The number of aromatic nitrogens is 6. The number of alkyl halides is 1. The minimum Gasteiger partial charge on any atom is -0.494 e. The average molecular weight is 541 g/mol. The number of hydrazine groups is 2. The summed E-state index contributed by atoms with van der Waals surface area (Å²) in [6.45, 7) is 15.2. The Morgan fingerprint density at radius 1 is 0.897 bits per heavy atom. The van der Waals surface area contributed by atoms with E-state index in [2.05, 4.69) is 89.2 Å². The minimum atomic E-state index is -0.373. The summed E-state index contributed by atoms with van der Waals surface area (Å²) in [5.74, 6) is 0.736. The molecule has 11 nitrogen and oxygen atoms in total. The highest BCUT2D eigenvalue weighted by Gasteiger charge is 2.25. The molecule has 0 unspecified atom stereocenters. The van der Waals surface area contributed by atoms with Crippen LogP contribution < -0.4 is 15.7 Å². The zero-order chi connectivity index (χ0) is 28.0. The van der Waals surface area contributed by atoms with Crippen LogP contribution in [0.3, 0.4) is 0 Å². The molecule has 1 aromatic carbocycles. The van der Waals surface area contributed by atoms with Gasteiger partial charge in [0.05, 0.1) is 54.8 Å². The van der Waals surface area contributed by atoms with Gasteiger partial charge in [-0.15, -0.1) is 15.7 Å². The van der Waals surface area contributed by atoms with Gasteiger partial charge in [0.25, 0.3) is 0 Å². The molecular weight excluding hydrogens is 499 g/mol. The van der Waals surface area contributed by atoms with Crippen LogP contribution in [0.5, 0.6) is 5.75 Å². The Hall–Kier alpha value is -3.51. The Kier molecular flexibility index (Phi) is 8.86. The van der Waals surface area contributed by atoms with Crippen LogP contribution in [-0.2, 0) is 25.2 Å². The van der Waals surface area contributed by atoms with Gasteiger partial charge >= 0.3 is 0 Å². The number of benzene rings is 1. The van der Waals surface area contributed by atoms with Crippen molar-refractivity contribution in [1.82, 2.24) is 50.9 Å². The van der Waals surface area contributed by atoms with Crippen LogP contribution >= 0.6 is 0 Å². The molecule has 4 rings (SSSR count). The molecule has 0 spiro atoms. The smallest absolute Gasteiger partial charge is 0.119 e. The van der Waals surface area contributed by atoms with Gasteiger partial charge in [0.15, 0.2) is 0 Å². The number of halogens is 1. The Balaban J connectivity index is 1.43. The minimum absolute atomic E-state index is 0.0591. The molecule has 0 fully saturated rings. The third-order valence-corrected chi connectivity index (χ3v) is 6.14. The van der Waals surface area contributed by atoms with E-state index in [1.807, 2.05) is 46.0 Å². The summed E-state index contributed by atoms with van der Waals surface area (Å²) in [7, 11) is 0. The van der Waals surface area contributed by atoms with Gasteiger partial charge in [-0.3, -0.25) is 14.3 Å². The van der Waals surface area contributed by atoms with Gasteiger partial charge in [-0.2, -0.15) is 0 Å². The van der Waals surface area contributed by atoms with Crippen molar-refractivity contribution < 1.29 is 9.13 Å². The van der Waals surface area contributed by atoms with Crippen molar-refractivity contribution in [2.24, 2.45) is 0 Å². The predicted molar refractivity (Wildman–Crippen MR) is 147 cm³/mol. The van der Waals surface area contributed by atoms with Crippen molar-refractivity contribution in [3.05, 3.63) is 65.5 Å². The molecule has 0 bridgehead atoms. The van der Waals surface area contributed by atoms with Crippen LogP contribution in [0.4, 0.5) is 4.39 Å². The van der Waals surface area contributed by atoms with E-state index in [1.165, 1.54) is 0 Å². The lowest BCUT2D eigenvalue weighted by Crippen LogP contribution is -2.47. The third-order valence-electron chi connectivity index (χ3n) is 6.14. The summed E-state index contributed by atoms with van der Waals surface area (Å²) < 4.78 is 21.5. The number of rotatable bonds is 12. The molecule has 0 atom stereocenters. The van der Waals surface area contributed by atoms with Crippen molar-refractivity contribution in [1.29, 1.82) is 0 Å². The zero-order valence-electron chi connectivity index (χ0n) is 23.9. The first-order valence-electron chi connectivity index (χ1n) is 13.3. The molecule has 1 aliphatic heterocycles. The number of nitrogens with zero attached hydrogens (tertiary/aromatic N) is 8. The van der Waals surface area contributed by atoms with E-state index in [1.54, 1.807) is 0 Å². The van der Waals surface area contributed by atoms with Gasteiger partial charge in [0, 0.05) is 37.8 Å². The quantitative estimate of drug-likeness (QED) is 0.335. The number of hydrogen-bond acceptors (Lipinski definition) is 9. The predicted octanol–water partition coefficient (Wildman–Crippen LogP) is 3.38. The van der Waals surface area contributed by atoms with E-state index in [9.17, 15) is 4.39 Å². The van der Waals surface area contributed by atoms with E-state index in [0.29, 0.717) is 39.2 Å². The van der Waals surface area contributed by atoms with Gasteiger partial charge < -0.3 is 10.2 Å². The molecule has 1 aliphatic rings. The highest BCUT2D eigenvalue weighted by molar-refractivity contribution is 5.27. The summed E-state index contributed by atoms with van der Waals surface area (Å²) in [5.41, 5.74) is 10.2. The summed E-state index contributed by atoms with van der Waals surface area (Å²) in [5, 5.41) is 19.6. The van der Waals surface area contributed by atoms with Crippen molar-refractivity contribution in [3.8, 4) is 5.75 Å². The lowest BCUT2D eigenvalue weighted by Gasteiger charge is -2.30. The molecule has 0 radical (unpaired) electrons. The first-order valence-corrected chi connectivity index (χ1v) is 13.3. The number of nitrogens with one attached hydrogen (secondary N) is 2. The maximum absolute atomic E-state index is 12.3. The molecule has 2 N–H and O–H groups in total. The number of hydrogen-bond donors (Lipinski definition) is 2. The average Bonchev–Trinajstić information content (AvgIpc) is 3.62. The maximum atomic E-state index is 12.3. The third kappa shape index (κ3) is 8.24. The van der Waals surface area contributed by atoms with Crippen LogP contribution in [0.1, 0.15) is 64.9 Å². The summed E-state index contributed by atoms with van der Waals surface area (Å²) in [6, 6.07) is 7.77. The molecule has 212 valence electrons. The molecule has 0 saturated heterocycles. The molecule has 0 saturated carbocycles. The Morgan fingerprint density at radius 2 is 1.59 bits per heavy atom. The second-order valence-corrected chi connectivity index (χ2v) is 11.8. The largest absolute Gasteiger partial charge is 0.494 e. The van der Waals surface area contributed by atoms with Crippen LogP contribution in [-0.4, -0.2) is 65.3 Å². The van der Waals surface area contributed by atoms with Gasteiger partial charge in [-0.05, 0) is 59.2 Å². The molecule has 3 aromatic rings. The first-order chi connectivity index (χ1) is 18.5. The van der Waals surface area contributed by atoms with Gasteiger partial charge in [0.1, 0.15) is 5.75 Å². The molecular formula is C27H41FN10O. The van der Waals surface area contributed by atoms with E-state index in [0.717, 1.165) is 28.4 Å². The van der Waals surface area contributed by atoms with E-state index < -0.39 is 0 Å². The summed E-state index contributed by atoms with van der Waals surface area (Å²) in [4.78, 5) is 2.27.